The molecule has 15 heavy (non-hydrogen) atoms. The summed E-state index contributed by atoms with van der Waals surface area (Å²) in [5.41, 5.74) is 0. The second kappa shape index (κ2) is 5.31. The first-order valence-corrected chi connectivity index (χ1v) is 6.77. The molecule has 0 amide bonds. The highest BCUT2D eigenvalue weighted by Gasteiger charge is 2.34. The zero-order valence-electron chi connectivity index (χ0n) is 10.3. The number of hydrogen-bond acceptors (Lipinski definition) is 2. The minimum absolute atomic E-state index is 0.830. The summed E-state index contributed by atoms with van der Waals surface area (Å²) in [6, 6.07) is 1.74. The van der Waals surface area contributed by atoms with Crippen molar-refractivity contribution in [1.82, 2.24) is 10.2 Å². The van der Waals surface area contributed by atoms with Gasteiger partial charge in [-0.25, -0.2) is 0 Å². The van der Waals surface area contributed by atoms with Crippen molar-refractivity contribution >= 4 is 0 Å². The molecule has 0 bridgehead atoms. The van der Waals surface area contributed by atoms with Gasteiger partial charge in [-0.05, 0) is 51.1 Å². The topological polar surface area (TPSA) is 15.3 Å². The van der Waals surface area contributed by atoms with Gasteiger partial charge in [0.1, 0.15) is 0 Å². The average molecular weight is 210 g/mol. The molecule has 1 aliphatic carbocycles. The molecule has 0 radical (unpaired) electrons. The maximum Gasteiger partial charge on any atom is 0.0224 e. The minimum atomic E-state index is 0.830. The Bertz CT molecular complexity index is 181. The van der Waals surface area contributed by atoms with E-state index in [2.05, 4.69) is 24.1 Å². The Hall–Kier alpha value is -0.0800. The summed E-state index contributed by atoms with van der Waals surface area (Å²) in [6.07, 6.45) is 6.97. The maximum atomic E-state index is 3.55. The standard InChI is InChI=1S/C13H26N2/c1-3-7-15(13-8-11(2)9-13)12-5-4-6-14-10-12/h11-14H,3-10H2,1-2H3. The maximum absolute atomic E-state index is 3.55. The summed E-state index contributed by atoms with van der Waals surface area (Å²) in [5.74, 6) is 0.978. The Morgan fingerprint density at radius 2 is 2.07 bits per heavy atom. The van der Waals surface area contributed by atoms with Crippen LogP contribution < -0.4 is 5.32 Å². The largest absolute Gasteiger partial charge is 0.315 e. The Labute approximate surface area is 94.4 Å². The van der Waals surface area contributed by atoms with Gasteiger partial charge >= 0.3 is 0 Å². The third kappa shape index (κ3) is 2.73. The zero-order chi connectivity index (χ0) is 10.7. The molecule has 0 aromatic carbocycles. The first-order valence-electron chi connectivity index (χ1n) is 6.77. The summed E-state index contributed by atoms with van der Waals surface area (Å²) in [5, 5.41) is 3.55. The van der Waals surface area contributed by atoms with Gasteiger partial charge in [-0.15, -0.1) is 0 Å². The Balaban J connectivity index is 1.86. The minimum Gasteiger partial charge on any atom is -0.315 e. The second-order valence-electron chi connectivity index (χ2n) is 5.47. The molecule has 2 heteroatoms. The van der Waals surface area contributed by atoms with E-state index in [1.54, 1.807) is 0 Å². The van der Waals surface area contributed by atoms with Crippen LogP contribution in [-0.4, -0.2) is 36.6 Å². The molecule has 0 spiro atoms. The van der Waals surface area contributed by atoms with E-state index in [9.17, 15) is 0 Å². The van der Waals surface area contributed by atoms with E-state index in [-0.39, 0.29) is 0 Å². The highest BCUT2D eigenvalue weighted by Crippen LogP contribution is 2.33. The van der Waals surface area contributed by atoms with Gasteiger partial charge in [0.05, 0.1) is 0 Å². The summed E-state index contributed by atoms with van der Waals surface area (Å²) in [6.45, 7) is 8.47. The van der Waals surface area contributed by atoms with Gasteiger partial charge in [-0.2, -0.15) is 0 Å². The molecule has 1 saturated heterocycles. The summed E-state index contributed by atoms with van der Waals surface area (Å²) in [4.78, 5) is 2.80. The summed E-state index contributed by atoms with van der Waals surface area (Å²) < 4.78 is 0. The fraction of sp³-hybridized carbons (Fsp3) is 1.00. The SMILES string of the molecule is CCCN(C1CCCNC1)C1CC(C)C1. The molecule has 88 valence electrons. The van der Waals surface area contributed by atoms with E-state index in [0.29, 0.717) is 0 Å². The molecule has 1 N–H and O–H groups in total. The van der Waals surface area contributed by atoms with Crippen LogP contribution in [0.2, 0.25) is 0 Å². The smallest absolute Gasteiger partial charge is 0.0224 e. The molecule has 2 rings (SSSR count). The number of nitrogens with one attached hydrogen (secondary N) is 1. The van der Waals surface area contributed by atoms with Crippen LogP contribution in [0, 0.1) is 5.92 Å². The van der Waals surface area contributed by atoms with Gasteiger partial charge in [0.2, 0.25) is 0 Å². The van der Waals surface area contributed by atoms with Crippen molar-refractivity contribution in [2.45, 2.75) is 58.0 Å². The molecule has 1 saturated carbocycles. The van der Waals surface area contributed by atoms with Crippen LogP contribution in [0.4, 0.5) is 0 Å². The van der Waals surface area contributed by atoms with Crippen molar-refractivity contribution in [1.29, 1.82) is 0 Å². The van der Waals surface area contributed by atoms with Crippen LogP contribution in [0.3, 0.4) is 0 Å². The van der Waals surface area contributed by atoms with E-state index in [0.717, 1.165) is 18.0 Å². The fourth-order valence-corrected chi connectivity index (χ4v) is 3.17. The molecule has 0 aromatic rings. The third-order valence-electron chi connectivity index (χ3n) is 4.04. The molecular weight excluding hydrogens is 184 g/mol. The van der Waals surface area contributed by atoms with Crippen LogP contribution in [0.1, 0.15) is 46.0 Å². The van der Waals surface area contributed by atoms with Gasteiger partial charge in [-0.1, -0.05) is 13.8 Å². The van der Waals surface area contributed by atoms with Gasteiger partial charge in [0.25, 0.3) is 0 Å². The second-order valence-corrected chi connectivity index (χ2v) is 5.47. The molecule has 2 fully saturated rings. The highest BCUT2D eigenvalue weighted by atomic mass is 15.2. The first kappa shape index (κ1) is 11.4. The van der Waals surface area contributed by atoms with Crippen LogP contribution in [0.15, 0.2) is 0 Å². The lowest BCUT2D eigenvalue weighted by molar-refractivity contribution is 0.0380. The van der Waals surface area contributed by atoms with Crippen molar-refractivity contribution in [3.8, 4) is 0 Å². The van der Waals surface area contributed by atoms with Crippen molar-refractivity contribution in [3.63, 3.8) is 0 Å². The quantitative estimate of drug-likeness (QED) is 0.765. The van der Waals surface area contributed by atoms with E-state index in [4.69, 9.17) is 0 Å². The number of nitrogens with zero attached hydrogens (tertiary/aromatic N) is 1. The molecule has 1 heterocycles. The van der Waals surface area contributed by atoms with E-state index < -0.39 is 0 Å². The number of piperidine rings is 1. The monoisotopic (exact) mass is 210 g/mol. The van der Waals surface area contributed by atoms with Gasteiger partial charge in [0.15, 0.2) is 0 Å². The Morgan fingerprint density at radius 3 is 2.60 bits per heavy atom. The van der Waals surface area contributed by atoms with Crippen LogP contribution >= 0.6 is 0 Å². The summed E-state index contributed by atoms with van der Waals surface area (Å²) >= 11 is 0. The molecule has 1 aliphatic heterocycles. The lowest BCUT2D eigenvalue weighted by Crippen LogP contribution is -2.54. The fourth-order valence-electron chi connectivity index (χ4n) is 3.17. The summed E-state index contributed by atoms with van der Waals surface area (Å²) in [7, 11) is 0. The molecule has 0 aromatic heterocycles. The molecule has 2 nitrogen and oxygen atoms in total. The van der Waals surface area contributed by atoms with Gasteiger partial charge < -0.3 is 5.32 Å². The predicted molar refractivity (Wildman–Crippen MR) is 65.1 cm³/mol. The van der Waals surface area contributed by atoms with Crippen LogP contribution in [-0.2, 0) is 0 Å². The third-order valence-corrected chi connectivity index (χ3v) is 4.04. The van der Waals surface area contributed by atoms with Crippen LogP contribution in [0.25, 0.3) is 0 Å². The molecule has 1 unspecified atom stereocenters. The molecular formula is C13H26N2. The normalized spacial score (nSPS) is 36.6. The highest BCUT2D eigenvalue weighted by molar-refractivity contribution is 4.90. The lowest BCUT2D eigenvalue weighted by atomic mass is 9.79. The van der Waals surface area contributed by atoms with Gasteiger partial charge in [-0.3, -0.25) is 4.90 Å². The zero-order valence-corrected chi connectivity index (χ0v) is 10.3. The van der Waals surface area contributed by atoms with Crippen molar-refractivity contribution < 1.29 is 0 Å². The van der Waals surface area contributed by atoms with E-state index in [1.807, 2.05) is 0 Å². The predicted octanol–water partition coefficient (Wildman–Crippen LogP) is 2.25. The first-order chi connectivity index (χ1) is 7.31. The number of rotatable bonds is 4. The molecule has 1 atom stereocenters. The van der Waals surface area contributed by atoms with E-state index >= 15 is 0 Å². The van der Waals surface area contributed by atoms with Crippen molar-refractivity contribution in [2.24, 2.45) is 5.92 Å². The van der Waals surface area contributed by atoms with Crippen molar-refractivity contribution in [3.05, 3.63) is 0 Å². The average Bonchev–Trinajstić information content (AvgIpc) is 2.23. The Morgan fingerprint density at radius 1 is 1.27 bits per heavy atom. The van der Waals surface area contributed by atoms with Gasteiger partial charge in [0, 0.05) is 18.6 Å². The molecule has 2 aliphatic rings. The Kier molecular flexibility index (Phi) is 4.04. The number of hydrogen-bond donors (Lipinski definition) is 1. The van der Waals surface area contributed by atoms with Crippen molar-refractivity contribution in [2.75, 3.05) is 19.6 Å². The lowest BCUT2D eigenvalue weighted by Gasteiger charge is -2.46. The van der Waals surface area contributed by atoms with E-state index in [1.165, 1.54) is 51.7 Å². The van der Waals surface area contributed by atoms with Crippen LogP contribution in [0.5, 0.6) is 0 Å².